The Labute approximate surface area is 229 Å². The molecule has 0 spiro atoms. The number of esters is 1. The van der Waals surface area contributed by atoms with Crippen LogP contribution in [-0.4, -0.2) is 39.6 Å². The molecule has 0 saturated heterocycles. The number of rotatable bonds is 11. The first-order chi connectivity index (χ1) is 17.8. The Balaban J connectivity index is 1.56. The maximum atomic E-state index is 12.9. The van der Waals surface area contributed by atoms with Crippen molar-refractivity contribution in [3.05, 3.63) is 65.2 Å². The van der Waals surface area contributed by atoms with Crippen molar-refractivity contribution in [2.45, 2.75) is 43.8 Å². The minimum Gasteiger partial charge on any atom is -0.466 e. The lowest BCUT2D eigenvalue weighted by atomic mass is 10.1. The first kappa shape index (κ1) is 28.3. The van der Waals surface area contributed by atoms with Gasteiger partial charge in [-0.3, -0.25) is 14.4 Å². The Bertz CT molecular complexity index is 1260. The maximum absolute atomic E-state index is 12.9. The van der Waals surface area contributed by atoms with Gasteiger partial charge in [-0.1, -0.05) is 13.0 Å². The van der Waals surface area contributed by atoms with Gasteiger partial charge in [0.1, 0.15) is 0 Å². The molecule has 0 aliphatic rings. The summed E-state index contributed by atoms with van der Waals surface area (Å²) < 4.78 is 4.94. The van der Waals surface area contributed by atoms with Gasteiger partial charge in [0.15, 0.2) is 16.0 Å². The highest BCUT2D eigenvalue weighted by Gasteiger charge is 2.20. The van der Waals surface area contributed by atoms with Crippen molar-refractivity contribution in [3.8, 4) is 0 Å². The van der Waals surface area contributed by atoms with Crippen LogP contribution in [0.2, 0.25) is 0 Å². The third kappa shape index (κ3) is 8.96. The van der Waals surface area contributed by atoms with Gasteiger partial charge in [-0.05, 0) is 75.0 Å². The average Bonchev–Trinajstić information content (AvgIpc) is 3.29. The molecule has 0 radical (unpaired) electrons. The van der Waals surface area contributed by atoms with Gasteiger partial charge in [0, 0.05) is 27.2 Å². The van der Waals surface area contributed by atoms with E-state index in [0.717, 1.165) is 16.3 Å². The number of anilines is 3. The van der Waals surface area contributed by atoms with Crippen LogP contribution in [0.4, 0.5) is 16.5 Å². The predicted molar refractivity (Wildman–Crippen MR) is 154 cm³/mol. The molecule has 1 unspecified atom stereocenters. The van der Waals surface area contributed by atoms with Crippen LogP contribution >= 0.6 is 35.3 Å². The number of carbonyl (C=O) groups excluding carboxylic acids is 3. The first-order valence-electron chi connectivity index (χ1n) is 11.6. The van der Waals surface area contributed by atoms with Crippen LogP contribution in [0.5, 0.6) is 0 Å². The molecule has 2 aromatic carbocycles. The van der Waals surface area contributed by atoms with Crippen LogP contribution in [0.3, 0.4) is 0 Å². The summed E-state index contributed by atoms with van der Waals surface area (Å²) in [6, 6.07) is 14.7. The van der Waals surface area contributed by atoms with E-state index in [9.17, 15) is 14.4 Å². The number of hydrogen-bond donors (Lipinski definition) is 3. The normalized spacial score (nSPS) is 11.3. The van der Waals surface area contributed by atoms with E-state index in [1.54, 1.807) is 36.6 Å². The average molecular weight is 557 g/mol. The SMILES string of the molecule is CCOC(=O)Cc1csc(NC(=O)C(CC)Sc2cccc(NC(=S)Nc3ccc(C(C)=O)cc3)c2)n1. The highest BCUT2D eigenvalue weighted by Crippen LogP contribution is 2.29. The summed E-state index contributed by atoms with van der Waals surface area (Å²) in [5.41, 5.74) is 2.75. The van der Waals surface area contributed by atoms with Gasteiger partial charge in [0.25, 0.3) is 0 Å². The van der Waals surface area contributed by atoms with E-state index < -0.39 is 0 Å². The van der Waals surface area contributed by atoms with Crippen LogP contribution < -0.4 is 16.0 Å². The zero-order chi connectivity index (χ0) is 26.8. The molecular formula is C26H28N4O4S3. The number of thiazole rings is 1. The Morgan fingerprint density at radius 1 is 1.05 bits per heavy atom. The number of ether oxygens (including phenoxy) is 1. The molecule has 1 aromatic heterocycles. The number of Topliss-reactive ketones (excluding diaryl/α,β-unsaturated/α-hetero) is 1. The number of carbonyl (C=O) groups is 3. The van der Waals surface area contributed by atoms with Gasteiger partial charge in [-0.15, -0.1) is 23.1 Å². The standard InChI is InChI=1S/C26H28N4O4S3/c1-4-22(24(33)30-26-29-20(15-36-26)14-23(32)34-5-2)37-21-8-6-7-19(13-21)28-25(35)27-18-11-9-17(10-12-18)16(3)31/h6-13,15,22H,4-5,14H2,1-3H3,(H2,27,28,35)(H,29,30,33). The summed E-state index contributed by atoms with van der Waals surface area (Å²) >= 11 is 8.14. The molecule has 1 amide bonds. The minimum absolute atomic E-state index is 0.00559. The summed E-state index contributed by atoms with van der Waals surface area (Å²) in [6.45, 7) is 5.54. The monoisotopic (exact) mass is 556 g/mol. The van der Waals surface area contributed by atoms with Gasteiger partial charge in [0.2, 0.25) is 5.91 Å². The topological polar surface area (TPSA) is 109 Å². The molecule has 8 nitrogen and oxygen atoms in total. The zero-order valence-corrected chi connectivity index (χ0v) is 23.1. The minimum atomic E-state index is -0.346. The zero-order valence-electron chi connectivity index (χ0n) is 20.7. The van der Waals surface area contributed by atoms with Crippen molar-refractivity contribution >= 4 is 74.6 Å². The number of benzene rings is 2. The van der Waals surface area contributed by atoms with E-state index in [1.165, 1.54) is 30.0 Å². The molecule has 194 valence electrons. The molecule has 11 heteroatoms. The fourth-order valence-electron chi connectivity index (χ4n) is 3.21. The molecule has 0 bridgehead atoms. The molecule has 3 N–H and O–H groups in total. The quantitative estimate of drug-likeness (QED) is 0.117. The molecule has 3 aromatic rings. The van der Waals surface area contributed by atoms with E-state index in [0.29, 0.717) is 34.5 Å². The Morgan fingerprint density at radius 2 is 1.78 bits per heavy atom. The number of thioether (sulfide) groups is 1. The van der Waals surface area contributed by atoms with E-state index >= 15 is 0 Å². The highest BCUT2D eigenvalue weighted by molar-refractivity contribution is 8.00. The third-order valence-electron chi connectivity index (χ3n) is 5.00. The number of hydrogen-bond acceptors (Lipinski definition) is 8. The highest BCUT2D eigenvalue weighted by atomic mass is 32.2. The van der Waals surface area contributed by atoms with Crippen molar-refractivity contribution in [1.29, 1.82) is 0 Å². The predicted octanol–water partition coefficient (Wildman–Crippen LogP) is 5.77. The van der Waals surface area contributed by atoms with Crippen molar-refractivity contribution in [3.63, 3.8) is 0 Å². The lowest BCUT2D eigenvalue weighted by Gasteiger charge is -2.15. The van der Waals surface area contributed by atoms with E-state index in [2.05, 4.69) is 20.9 Å². The van der Waals surface area contributed by atoms with Crippen LogP contribution in [0.1, 0.15) is 43.2 Å². The summed E-state index contributed by atoms with van der Waals surface area (Å²) in [5.74, 6) is -0.498. The third-order valence-corrected chi connectivity index (χ3v) is 7.36. The molecule has 3 rings (SSSR count). The number of nitrogens with zero attached hydrogens (tertiary/aromatic N) is 1. The van der Waals surface area contributed by atoms with Gasteiger partial charge < -0.3 is 20.7 Å². The molecule has 0 aliphatic carbocycles. The number of amides is 1. The largest absolute Gasteiger partial charge is 0.466 e. The summed E-state index contributed by atoms with van der Waals surface area (Å²) in [4.78, 5) is 41.2. The summed E-state index contributed by atoms with van der Waals surface area (Å²) in [6.07, 6.45) is 0.692. The van der Waals surface area contributed by atoms with Crippen LogP contribution in [0.15, 0.2) is 58.8 Å². The second kappa shape index (κ2) is 13.9. The molecule has 1 atom stereocenters. The van der Waals surface area contributed by atoms with E-state index in [-0.39, 0.29) is 29.3 Å². The second-order valence-corrected chi connectivity index (χ2v) is 10.4. The number of thiocarbonyl (C=S) groups is 1. The molecule has 37 heavy (non-hydrogen) atoms. The van der Waals surface area contributed by atoms with Gasteiger partial charge >= 0.3 is 5.97 Å². The van der Waals surface area contributed by atoms with E-state index in [4.69, 9.17) is 17.0 Å². The summed E-state index contributed by atoms with van der Waals surface area (Å²) in [7, 11) is 0. The first-order valence-corrected chi connectivity index (χ1v) is 13.8. The molecule has 0 aliphatic heterocycles. The Hall–Kier alpha value is -3.28. The molecule has 0 fully saturated rings. The summed E-state index contributed by atoms with van der Waals surface area (Å²) in [5, 5.41) is 11.4. The lowest BCUT2D eigenvalue weighted by molar-refractivity contribution is -0.142. The van der Waals surface area contributed by atoms with Crippen molar-refractivity contribution in [1.82, 2.24) is 4.98 Å². The smallest absolute Gasteiger partial charge is 0.311 e. The van der Waals surface area contributed by atoms with Crippen LogP contribution in [0.25, 0.3) is 0 Å². The number of ketones is 1. The van der Waals surface area contributed by atoms with Gasteiger partial charge in [-0.2, -0.15) is 0 Å². The number of nitrogens with one attached hydrogen (secondary N) is 3. The molecule has 1 heterocycles. The van der Waals surface area contributed by atoms with Crippen LogP contribution in [0, 0.1) is 0 Å². The van der Waals surface area contributed by atoms with Crippen LogP contribution in [-0.2, 0) is 20.7 Å². The second-order valence-electron chi connectivity index (χ2n) is 7.87. The van der Waals surface area contributed by atoms with E-state index in [1.807, 2.05) is 31.2 Å². The Morgan fingerprint density at radius 3 is 2.46 bits per heavy atom. The molecular weight excluding hydrogens is 529 g/mol. The van der Waals surface area contributed by atoms with Crippen molar-refractivity contribution in [2.75, 3.05) is 22.6 Å². The number of aromatic nitrogens is 1. The molecule has 0 saturated carbocycles. The Kier molecular flexibility index (Phi) is 10.6. The lowest BCUT2D eigenvalue weighted by Crippen LogP contribution is -2.24. The fraction of sp³-hybridized carbons (Fsp3) is 0.269. The van der Waals surface area contributed by atoms with Gasteiger partial charge in [0.05, 0.1) is 24.0 Å². The fourth-order valence-corrected chi connectivity index (χ4v) is 5.17. The maximum Gasteiger partial charge on any atom is 0.311 e. The van der Waals surface area contributed by atoms with Crippen molar-refractivity contribution < 1.29 is 19.1 Å². The van der Waals surface area contributed by atoms with Crippen molar-refractivity contribution in [2.24, 2.45) is 0 Å². The van der Waals surface area contributed by atoms with Gasteiger partial charge in [-0.25, -0.2) is 4.98 Å².